The van der Waals surface area contributed by atoms with Crippen molar-refractivity contribution in [2.24, 2.45) is 5.14 Å². The number of rotatable bonds is 4. The number of hydrogen-bond donors (Lipinski definition) is 2. The maximum Gasteiger partial charge on any atom is 0.261 e. The molecule has 2 aromatic heterocycles. The van der Waals surface area contributed by atoms with Gasteiger partial charge in [0.15, 0.2) is 0 Å². The molecule has 1 amide bonds. The second-order valence-corrected chi connectivity index (χ2v) is 9.86. The van der Waals surface area contributed by atoms with Gasteiger partial charge in [0, 0.05) is 9.35 Å². The molecule has 0 bridgehead atoms. The van der Waals surface area contributed by atoms with Crippen molar-refractivity contribution >= 4 is 70.5 Å². The van der Waals surface area contributed by atoms with Gasteiger partial charge < -0.3 is 5.32 Å². The summed E-state index contributed by atoms with van der Waals surface area (Å²) in [6, 6.07) is 4.78. The Labute approximate surface area is 140 Å². The summed E-state index contributed by atoms with van der Waals surface area (Å²) in [5.74, 6) is -0.216. The summed E-state index contributed by atoms with van der Waals surface area (Å²) in [7, 11) is -3.68. The highest BCUT2D eigenvalue weighted by Crippen LogP contribution is 2.32. The van der Waals surface area contributed by atoms with E-state index in [1.165, 1.54) is 17.4 Å². The van der Waals surface area contributed by atoms with E-state index in [1.807, 2.05) is 0 Å². The molecule has 10 heteroatoms. The molecule has 0 aliphatic rings. The van der Waals surface area contributed by atoms with Crippen LogP contribution in [-0.2, 0) is 16.6 Å². The summed E-state index contributed by atoms with van der Waals surface area (Å²) in [6.07, 6.45) is 0. The average molecular weight is 460 g/mol. The highest BCUT2D eigenvalue weighted by atomic mass is 79.9. The molecule has 0 aliphatic heterocycles. The molecule has 2 rings (SSSR count). The summed E-state index contributed by atoms with van der Waals surface area (Å²) in [5, 5.41) is 7.75. The van der Waals surface area contributed by atoms with Gasteiger partial charge in [-0.3, -0.25) is 4.79 Å². The Kier molecular flexibility index (Phi) is 5.03. The first-order chi connectivity index (χ1) is 9.27. The molecule has 0 aliphatic carbocycles. The lowest BCUT2D eigenvalue weighted by Gasteiger charge is -2.00. The number of sulfonamides is 1. The lowest BCUT2D eigenvalue weighted by atomic mass is 10.4. The van der Waals surface area contributed by atoms with Crippen LogP contribution in [0.25, 0.3) is 0 Å². The van der Waals surface area contributed by atoms with Crippen molar-refractivity contribution in [2.45, 2.75) is 10.8 Å². The van der Waals surface area contributed by atoms with Gasteiger partial charge in [0.25, 0.3) is 5.91 Å². The third-order valence-electron chi connectivity index (χ3n) is 2.21. The lowest BCUT2D eigenvalue weighted by Crippen LogP contribution is -2.21. The third kappa shape index (κ3) is 3.89. The Morgan fingerprint density at radius 3 is 2.50 bits per heavy atom. The molecule has 0 spiro atoms. The Bertz CT molecular complexity index is 732. The number of hydrogen-bond acceptors (Lipinski definition) is 5. The van der Waals surface area contributed by atoms with Gasteiger partial charge in [-0.05, 0) is 50.1 Å². The van der Waals surface area contributed by atoms with Gasteiger partial charge in [-0.15, -0.1) is 22.7 Å². The molecule has 0 fully saturated rings. The van der Waals surface area contributed by atoms with Crippen LogP contribution in [0, 0.1) is 0 Å². The predicted octanol–water partition coefficient (Wildman–Crippen LogP) is 2.91. The van der Waals surface area contributed by atoms with E-state index in [4.69, 9.17) is 5.14 Å². The van der Waals surface area contributed by atoms with Crippen LogP contribution in [0.3, 0.4) is 0 Å². The van der Waals surface area contributed by atoms with Crippen molar-refractivity contribution in [1.82, 2.24) is 5.32 Å². The van der Waals surface area contributed by atoms with E-state index in [9.17, 15) is 13.2 Å². The molecule has 3 N–H and O–H groups in total. The largest absolute Gasteiger partial charge is 0.346 e. The zero-order valence-corrected chi connectivity index (χ0v) is 15.3. The maximum atomic E-state index is 11.9. The molecule has 2 aromatic rings. The molecule has 0 aromatic carbocycles. The van der Waals surface area contributed by atoms with Gasteiger partial charge in [0.2, 0.25) is 10.0 Å². The Morgan fingerprint density at radius 2 is 2.00 bits per heavy atom. The molecule has 108 valence electrons. The number of thiophene rings is 2. The standard InChI is InChI=1S/C10H8Br2N2O3S3/c11-6-3-7(19-9(6)12)10(15)14-4-5-1-2-8(18-5)20(13,16)17/h1-3H,4H2,(H,14,15)(H2,13,16,17). The summed E-state index contributed by atoms with van der Waals surface area (Å²) in [6.45, 7) is 0.256. The first-order valence-corrected chi connectivity index (χ1v) is 9.88. The van der Waals surface area contributed by atoms with Gasteiger partial charge in [0.1, 0.15) is 4.21 Å². The highest BCUT2D eigenvalue weighted by molar-refractivity contribution is 9.13. The number of amides is 1. The number of primary sulfonamides is 1. The SMILES string of the molecule is NS(=O)(=O)c1ccc(CNC(=O)c2cc(Br)c(Br)s2)s1. The predicted molar refractivity (Wildman–Crippen MR) is 86.6 cm³/mol. The summed E-state index contributed by atoms with van der Waals surface area (Å²) in [4.78, 5) is 13.2. The van der Waals surface area contributed by atoms with Crippen molar-refractivity contribution in [2.75, 3.05) is 0 Å². The number of nitrogens with two attached hydrogens (primary N) is 1. The monoisotopic (exact) mass is 458 g/mol. The minimum Gasteiger partial charge on any atom is -0.346 e. The Hall–Kier alpha value is -0.260. The van der Waals surface area contributed by atoms with Gasteiger partial charge >= 0.3 is 0 Å². The van der Waals surface area contributed by atoms with Crippen LogP contribution in [0.5, 0.6) is 0 Å². The van der Waals surface area contributed by atoms with Gasteiger partial charge in [-0.2, -0.15) is 0 Å². The lowest BCUT2D eigenvalue weighted by molar-refractivity contribution is 0.0955. The van der Waals surface area contributed by atoms with E-state index in [2.05, 4.69) is 37.2 Å². The normalized spacial score (nSPS) is 11.6. The Balaban J connectivity index is 2.02. The number of carbonyl (C=O) groups excluding carboxylic acids is 1. The molecule has 2 heterocycles. The van der Waals surface area contributed by atoms with Crippen LogP contribution in [-0.4, -0.2) is 14.3 Å². The zero-order valence-electron chi connectivity index (χ0n) is 9.72. The van der Waals surface area contributed by atoms with Crippen LogP contribution in [0.1, 0.15) is 14.5 Å². The fourth-order valence-corrected chi connectivity index (χ4v) is 4.99. The molecule has 0 saturated heterocycles. The quantitative estimate of drug-likeness (QED) is 0.736. The highest BCUT2D eigenvalue weighted by Gasteiger charge is 2.14. The second-order valence-electron chi connectivity index (χ2n) is 3.68. The van der Waals surface area contributed by atoms with Crippen molar-refractivity contribution < 1.29 is 13.2 Å². The van der Waals surface area contributed by atoms with Gasteiger partial charge in [-0.1, -0.05) is 0 Å². The van der Waals surface area contributed by atoms with Crippen LogP contribution in [0.4, 0.5) is 0 Å². The number of nitrogens with one attached hydrogen (secondary N) is 1. The van der Waals surface area contributed by atoms with Crippen LogP contribution < -0.4 is 10.5 Å². The summed E-state index contributed by atoms with van der Waals surface area (Å²) in [5.41, 5.74) is 0. The fraction of sp³-hybridized carbons (Fsp3) is 0.100. The molecule has 0 atom stereocenters. The van der Waals surface area contributed by atoms with E-state index in [0.29, 0.717) is 4.88 Å². The van der Waals surface area contributed by atoms with E-state index < -0.39 is 10.0 Å². The fourth-order valence-electron chi connectivity index (χ4n) is 1.32. The smallest absolute Gasteiger partial charge is 0.261 e. The molecular weight excluding hydrogens is 452 g/mol. The first kappa shape index (κ1) is 16.1. The first-order valence-electron chi connectivity index (χ1n) is 5.12. The third-order valence-corrected chi connectivity index (χ3v) is 7.99. The topological polar surface area (TPSA) is 89.3 Å². The minimum atomic E-state index is -3.68. The summed E-state index contributed by atoms with van der Waals surface area (Å²) >= 11 is 8.98. The van der Waals surface area contributed by atoms with Crippen molar-refractivity contribution in [3.8, 4) is 0 Å². The van der Waals surface area contributed by atoms with Crippen LogP contribution in [0.2, 0.25) is 0 Å². The van der Waals surface area contributed by atoms with E-state index in [-0.39, 0.29) is 16.7 Å². The summed E-state index contributed by atoms with van der Waals surface area (Å²) < 4.78 is 24.0. The molecule has 5 nitrogen and oxygen atoms in total. The van der Waals surface area contributed by atoms with E-state index >= 15 is 0 Å². The zero-order chi connectivity index (χ0) is 14.9. The minimum absolute atomic E-state index is 0.0864. The number of halogens is 2. The van der Waals surface area contributed by atoms with E-state index in [1.54, 1.807) is 12.1 Å². The van der Waals surface area contributed by atoms with Gasteiger partial charge in [0.05, 0.1) is 15.2 Å². The average Bonchev–Trinajstić information content (AvgIpc) is 2.94. The Morgan fingerprint density at radius 1 is 1.30 bits per heavy atom. The van der Waals surface area contributed by atoms with Crippen LogP contribution >= 0.6 is 54.5 Å². The van der Waals surface area contributed by atoms with Crippen molar-refractivity contribution in [3.63, 3.8) is 0 Å². The van der Waals surface area contributed by atoms with Crippen molar-refractivity contribution in [1.29, 1.82) is 0 Å². The molecule has 0 unspecified atom stereocenters. The van der Waals surface area contributed by atoms with Crippen LogP contribution in [0.15, 0.2) is 30.7 Å². The molecule has 0 saturated carbocycles. The van der Waals surface area contributed by atoms with Gasteiger partial charge in [-0.25, -0.2) is 13.6 Å². The number of carbonyl (C=O) groups is 1. The van der Waals surface area contributed by atoms with E-state index in [0.717, 1.165) is 24.5 Å². The molecular formula is C10H8Br2N2O3S3. The molecule has 20 heavy (non-hydrogen) atoms. The molecule has 0 radical (unpaired) electrons. The second kappa shape index (κ2) is 6.24. The maximum absolute atomic E-state index is 11.9. The van der Waals surface area contributed by atoms with Crippen molar-refractivity contribution in [3.05, 3.63) is 36.2 Å².